The molecule has 0 saturated heterocycles. The summed E-state index contributed by atoms with van der Waals surface area (Å²) in [5.41, 5.74) is 4.72. The van der Waals surface area contributed by atoms with E-state index in [0.29, 0.717) is 16.9 Å². The quantitative estimate of drug-likeness (QED) is 0.516. The van der Waals surface area contributed by atoms with Gasteiger partial charge < -0.3 is 4.74 Å². The van der Waals surface area contributed by atoms with Crippen molar-refractivity contribution in [1.29, 1.82) is 0 Å². The number of carbonyl (C=O) groups excluding carboxylic acids is 1. The first-order chi connectivity index (χ1) is 10.0. The van der Waals surface area contributed by atoms with Gasteiger partial charge in [-0.05, 0) is 49.2 Å². The first kappa shape index (κ1) is 15.0. The van der Waals surface area contributed by atoms with Crippen LogP contribution in [0.4, 0.5) is 4.39 Å². The third-order valence-corrected chi connectivity index (χ3v) is 3.38. The van der Waals surface area contributed by atoms with Gasteiger partial charge >= 0.3 is 0 Å². The summed E-state index contributed by atoms with van der Waals surface area (Å²) >= 11 is 0. The molecule has 0 spiro atoms. The van der Waals surface area contributed by atoms with Crippen molar-refractivity contribution in [2.24, 2.45) is 5.84 Å². The lowest BCUT2D eigenvalue weighted by atomic mass is 10.1. The molecule has 0 radical (unpaired) electrons. The molecule has 0 bridgehead atoms. The predicted octanol–water partition coefficient (Wildman–Crippen LogP) is 2.63. The first-order valence-corrected chi connectivity index (χ1v) is 6.51. The molecule has 3 N–H and O–H groups in total. The molecule has 2 aromatic rings. The number of nitrogens with one attached hydrogen (secondary N) is 1. The van der Waals surface area contributed by atoms with Crippen LogP contribution in [0.1, 0.15) is 27.0 Å². The maximum absolute atomic E-state index is 13.8. The molecule has 2 rings (SSSR count). The fourth-order valence-corrected chi connectivity index (χ4v) is 1.95. The van der Waals surface area contributed by atoms with Gasteiger partial charge in [-0.1, -0.05) is 12.1 Å². The van der Waals surface area contributed by atoms with Crippen LogP contribution in [0.3, 0.4) is 0 Å². The standard InChI is InChI=1S/C16H17FN2O2/c1-10-4-3-5-15(11(10)2)21-9-13-8-12(16(20)19-18)6-7-14(13)17/h3-8H,9,18H2,1-2H3,(H,19,20). The van der Waals surface area contributed by atoms with Crippen LogP contribution < -0.4 is 16.0 Å². The molecule has 0 aliphatic rings. The molecule has 0 aliphatic carbocycles. The number of nitrogen functional groups attached to an aromatic ring is 1. The summed E-state index contributed by atoms with van der Waals surface area (Å²) < 4.78 is 19.4. The lowest BCUT2D eigenvalue weighted by molar-refractivity contribution is 0.0953. The van der Waals surface area contributed by atoms with Crippen LogP contribution in [0.25, 0.3) is 0 Å². The van der Waals surface area contributed by atoms with Gasteiger partial charge in [-0.3, -0.25) is 10.2 Å². The molecule has 21 heavy (non-hydrogen) atoms. The topological polar surface area (TPSA) is 64.3 Å². The van der Waals surface area contributed by atoms with Gasteiger partial charge in [-0.25, -0.2) is 10.2 Å². The average Bonchev–Trinajstić information content (AvgIpc) is 2.49. The number of hydrogen-bond donors (Lipinski definition) is 2. The Hall–Kier alpha value is -2.40. The smallest absolute Gasteiger partial charge is 0.265 e. The van der Waals surface area contributed by atoms with E-state index in [-0.39, 0.29) is 6.61 Å². The van der Waals surface area contributed by atoms with Crippen LogP contribution in [-0.4, -0.2) is 5.91 Å². The lowest BCUT2D eigenvalue weighted by Crippen LogP contribution is -2.30. The largest absolute Gasteiger partial charge is 0.489 e. The molecule has 0 heterocycles. The van der Waals surface area contributed by atoms with Gasteiger partial charge in [-0.15, -0.1) is 0 Å². The Bertz CT molecular complexity index is 671. The molecule has 0 atom stereocenters. The van der Waals surface area contributed by atoms with E-state index in [2.05, 4.69) is 0 Å². The van der Waals surface area contributed by atoms with Crippen molar-refractivity contribution < 1.29 is 13.9 Å². The van der Waals surface area contributed by atoms with E-state index < -0.39 is 11.7 Å². The van der Waals surface area contributed by atoms with E-state index in [0.717, 1.165) is 11.1 Å². The number of carbonyl (C=O) groups is 1. The normalized spacial score (nSPS) is 10.3. The Balaban J connectivity index is 2.19. The van der Waals surface area contributed by atoms with Crippen molar-refractivity contribution in [3.63, 3.8) is 0 Å². The molecule has 0 aromatic heterocycles. The van der Waals surface area contributed by atoms with Gasteiger partial charge in [0.1, 0.15) is 18.2 Å². The van der Waals surface area contributed by atoms with Gasteiger partial charge in [0.05, 0.1) is 0 Å². The Labute approximate surface area is 122 Å². The van der Waals surface area contributed by atoms with E-state index in [9.17, 15) is 9.18 Å². The minimum atomic E-state index is -0.469. The van der Waals surface area contributed by atoms with Crippen LogP contribution in [-0.2, 0) is 6.61 Å². The Morgan fingerprint density at radius 2 is 2.05 bits per heavy atom. The number of nitrogens with two attached hydrogens (primary N) is 1. The van der Waals surface area contributed by atoms with E-state index in [4.69, 9.17) is 10.6 Å². The second kappa shape index (κ2) is 6.37. The second-order valence-electron chi connectivity index (χ2n) is 4.77. The van der Waals surface area contributed by atoms with Gasteiger partial charge in [0.15, 0.2) is 0 Å². The average molecular weight is 288 g/mol. The molecule has 5 heteroatoms. The zero-order chi connectivity index (χ0) is 15.4. The summed E-state index contributed by atoms with van der Waals surface area (Å²) in [6.07, 6.45) is 0. The van der Waals surface area contributed by atoms with Crippen LogP contribution in [0.15, 0.2) is 36.4 Å². The fourth-order valence-electron chi connectivity index (χ4n) is 1.95. The predicted molar refractivity (Wildman–Crippen MR) is 78.3 cm³/mol. The summed E-state index contributed by atoms with van der Waals surface area (Å²) in [7, 11) is 0. The van der Waals surface area contributed by atoms with E-state index in [1.54, 1.807) is 0 Å². The molecule has 0 fully saturated rings. The maximum Gasteiger partial charge on any atom is 0.265 e. The first-order valence-electron chi connectivity index (χ1n) is 6.51. The third kappa shape index (κ3) is 3.38. The number of ether oxygens (including phenoxy) is 1. The fraction of sp³-hybridized carbons (Fsp3) is 0.188. The molecule has 0 saturated carbocycles. The molecular formula is C16H17FN2O2. The van der Waals surface area contributed by atoms with E-state index in [1.165, 1.54) is 18.2 Å². The van der Waals surface area contributed by atoms with Crippen molar-refractivity contribution >= 4 is 5.91 Å². The highest BCUT2D eigenvalue weighted by Crippen LogP contribution is 2.22. The summed E-state index contributed by atoms with van der Waals surface area (Å²) in [6, 6.07) is 9.73. The Morgan fingerprint density at radius 3 is 2.76 bits per heavy atom. The van der Waals surface area contributed by atoms with Crippen LogP contribution in [0.5, 0.6) is 5.75 Å². The van der Waals surface area contributed by atoms with E-state index in [1.807, 2.05) is 37.5 Å². The molecule has 2 aromatic carbocycles. The number of hydrogen-bond acceptors (Lipinski definition) is 3. The highest BCUT2D eigenvalue weighted by molar-refractivity contribution is 5.93. The van der Waals surface area contributed by atoms with E-state index >= 15 is 0 Å². The number of rotatable bonds is 4. The summed E-state index contributed by atoms with van der Waals surface area (Å²) in [4.78, 5) is 11.5. The molecule has 110 valence electrons. The lowest BCUT2D eigenvalue weighted by Gasteiger charge is -2.12. The summed E-state index contributed by atoms with van der Waals surface area (Å²) in [5, 5.41) is 0. The van der Waals surface area contributed by atoms with Gasteiger partial charge in [-0.2, -0.15) is 0 Å². The van der Waals surface area contributed by atoms with Crippen molar-refractivity contribution in [2.75, 3.05) is 0 Å². The highest BCUT2D eigenvalue weighted by Gasteiger charge is 2.10. The molecule has 4 nitrogen and oxygen atoms in total. The number of benzene rings is 2. The molecular weight excluding hydrogens is 271 g/mol. The Kier molecular flexibility index (Phi) is 4.55. The third-order valence-electron chi connectivity index (χ3n) is 3.38. The van der Waals surface area contributed by atoms with Crippen molar-refractivity contribution in [3.05, 3.63) is 64.5 Å². The van der Waals surface area contributed by atoms with Crippen LogP contribution in [0, 0.1) is 19.7 Å². The van der Waals surface area contributed by atoms with Gasteiger partial charge in [0.25, 0.3) is 5.91 Å². The molecule has 0 aliphatic heterocycles. The highest BCUT2D eigenvalue weighted by atomic mass is 19.1. The van der Waals surface area contributed by atoms with Crippen molar-refractivity contribution in [3.8, 4) is 5.75 Å². The number of aryl methyl sites for hydroxylation is 1. The minimum Gasteiger partial charge on any atom is -0.489 e. The van der Waals surface area contributed by atoms with Crippen molar-refractivity contribution in [2.45, 2.75) is 20.5 Å². The monoisotopic (exact) mass is 288 g/mol. The second-order valence-corrected chi connectivity index (χ2v) is 4.77. The maximum atomic E-state index is 13.8. The van der Waals surface area contributed by atoms with Gasteiger partial charge in [0, 0.05) is 11.1 Å². The van der Waals surface area contributed by atoms with Crippen LogP contribution >= 0.6 is 0 Å². The summed E-state index contributed by atoms with van der Waals surface area (Å²) in [6.45, 7) is 3.97. The number of amides is 1. The Morgan fingerprint density at radius 1 is 1.29 bits per heavy atom. The SMILES string of the molecule is Cc1cccc(OCc2cc(C(=O)NN)ccc2F)c1C. The van der Waals surface area contributed by atoms with Crippen molar-refractivity contribution in [1.82, 2.24) is 5.43 Å². The molecule has 1 amide bonds. The van der Waals surface area contributed by atoms with Crippen LogP contribution in [0.2, 0.25) is 0 Å². The zero-order valence-electron chi connectivity index (χ0n) is 11.9. The minimum absolute atomic E-state index is 0.0435. The number of halogens is 1. The molecule has 0 unspecified atom stereocenters. The number of hydrazine groups is 1. The zero-order valence-corrected chi connectivity index (χ0v) is 11.9. The van der Waals surface area contributed by atoms with Gasteiger partial charge in [0.2, 0.25) is 0 Å². The summed E-state index contributed by atoms with van der Waals surface area (Å²) in [5.74, 6) is 4.87.